The van der Waals surface area contributed by atoms with E-state index < -0.39 is 5.97 Å². The van der Waals surface area contributed by atoms with E-state index in [2.05, 4.69) is 9.97 Å². The standard InChI is InChI=1S/C12H16N4O3/c1-3-8-5-14-9(19-8)6-16-7-15-10(11(16)13)12(17)18-4-2/h5,7H,3-4,6,13H2,1-2H3. The van der Waals surface area contributed by atoms with Crippen LogP contribution in [-0.4, -0.2) is 27.1 Å². The van der Waals surface area contributed by atoms with Gasteiger partial charge >= 0.3 is 5.97 Å². The summed E-state index contributed by atoms with van der Waals surface area (Å²) in [7, 11) is 0. The average molecular weight is 264 g/mol. The fourth-order valence-electron chi connectivity index (χ4n) is 1.60. The second kappa shape index (κ2) is 5.55. The molecule has 2 N–H and O–H groups in total. The second-order valence-corrected chi connectivity index (χ2v) is 3.90. The van der Waals surface area contributed by atoms with Gasteiger partial charge in [-0.05, 0) is 6.92 Å². The fourth-order valence-corrected chi connectivity index (χ4v) is 1.60. The van der Waals surface area contributed by atoms with Gasteiger partial charge in [-0.3, -0.25) is 0 Å². The second-order valence-electron chi connectivity index (χ2n) is 3.90. The van der Waals surface area contributed by atoms with Crippen molar-refractivity contribution in [3.63, 3.8) is 0 Å². The molecule has 0 aromatic carbocycles. The number of anilines is 1. The number of oxazole rings is 1. The van der Waals surface area contributed by atoms with Crippen LogP contribution in [0.4, 0.5) is 5.82 Å². The van der Waals surface area contributed by atoms with Gasteiger partial charge in [0, 0.05) is 6.42 Å². The van der Waals surface area contributed by atoms with Crippen LogP contribution in [0.15, 0.2) is 16.9 Å². The van der Waals surface area contributed by atoms with E-state index in [1.807, 2.05) is 6.92 Å². The minimum absolute atomic E-state index is 0.115. The molecule has 7 heteroatoms. The Labute approximate surface area is 110 Å². The number of carbonyl (C=O) groups is 1. The lowest BCUT2D eigenvalue weighted by molar-refractivity contribution is 0.0521. The number of aryl methyl sites for hydroxylation is 1. The Kier molecular flexibility index (Phi) is 3.84. The molecule has 0 aliphatic carbocycles. The van der Waals surface area contributed by atoms with Crippen molar-refractivity contribution >= 4 is 11.8 Å². The maximum Gasteiger partial charge on any atom is 0.360 e. The van der Waals surface area contributed by atoms with Crippen LogP contribution in [0, 0.1) is 0 Å². The van der Waals surface area contributed by atoms with Crippen LogP contribution in [0.25, 0.3) is 0 Å². The molecular weight excluding hydrogens is 248 g/mol. The molecule has 0 bridgehead atoms. The zero-order valence-electron chi connectivity index (χ0n) is 10.9. The van der Waals surface area contributed by atoms with E-state index in [-0.39, 0.29) is 18.1 Å². The maximum absolute atomic E-state index is 11.6. The van der Waals surface area contributed by atoms with Crippen LogP contribution in [-0.2, 0) is 17.7 Å². The highest BCUT2D eigenvalue weighted by Gasteiger charge is 2.17. The van der Waals surface area contributed by atoms with Crippen LogP contribution in [0.1, 0.15) is 36.0 Å². The molecule has 0 aliphatic rings. The van der Waals surface area contributed by atoms with E-state index in [0.717, 1.165) is 12.2 Å². The number of hydrogen-bond donors (Lipinski definition) is 1. The summed E-state index contributed by atoms with van der Waals surface area (Å²) >= 11 is 0. The van der Waals surface area contributed by atoms with Crippen molar-refractivity contribution in [2.45, 2.75) is 26.8 Å². The van der Waals surface area contributed by atoms with E-state index >= 15 is 0 Å². The van der Waals surface area contributed by atoms with Crippen LogP contribution >= 0.6 is 0 Å². The smallest absolute Gasteiger partial charge is 0.360 e. The number of nitrogens with zero attached hydrogens (tertiary/aromatic N) is 3. The lowest BCUT2D eigenvalue weighted by atomic mass is 10.4. The first kappa shape index (κ1) is 13.1. The SMILES string of the molecule is CCOC(=O)c1ncn(Cc2ncc(CC)o2)c1N. The van der Waals surface area contributed by atoms with Gasteiger partial charge in [0.25, 0.3) is 0 Å². The maximum atomic E-state index is 11.6. The molecule has 19 heavy (non-hydrogen) atoms. The summed E-state index contributed by atoms with van der Waals surface area (Å²) in [6, 6.07) is 0. The van der Waals surface area contributed by atoms with E-state index in [4.69, 9.17) is 14.9 Å². The molecule has 2 heterocycles. The van der Waals surface area contributed by atoms with Crippen LogP contribution in [0.2, 0.25) is 0 Å². The van der Waals surface area contributed by atoms with Crippen molar-refractivity contribution in [2.75, 3.05) is 12.3 Å². The molecule has 0 fully saturated rings. The van der Waals surface area contributed by atoms with Gasteiger partial charge in [0.2, 0.25) is 5.89 Å². The quantitative estimate of drug-likeness (QED) is 0.816. The number of hydrogen-bond acceptors (Lipinski definition) is 6. The van der Waals surface area contributed by atoms with Crippen LogP contribution < -0.4 is 5.73 Å². The lowest BCUT2D eigenvalue weighted by Gasteiger charge is -2.03. The largest absolute Gasteiger partial charge is 0.461 e. The Balaban J connectivity index is 2.15. The molecule has 7 nitrogen and oxygen atoms in total. The first-order valence-electron chi connectivity index (χ1n) is 6.07. The number of aromatic nitrogens is 3. The van der Waals surface area contributed by atoms with Gasteiger partial charge in [0.15, 0.2) is 5.69 Å². The summed E-state index contributed by atoms with van der Waals surface area (Å²) in [6.45, 7) is 4.32. The van der Waals surface area contributed by atoms with Crippen molar-refractivity contribution in [1.82, 2.24) is 14.5 Å². The molecule has 0 aliphatic heterocycles. The molecule has 2 aromatic heterocycles. The molecule has 0 saturated carbocycles. The third-order valence-electron chi connectivity index (χ3n) is 2.60. The monoisotopic (exact) mass is 264 g/mol. The van der Waals surface area contributed by atoms with Gasteiger partial charge in [-0.1, -0.05) is 6.92 Å². The first-order valence-corrected chi connectivity index (χ1v) is 6.07. The van der Waals surface area contributed by atoms with Gasteiger partial charge in [-0.15, -0.1) is 0 Å². The normalized spacial score (nSPS) is 10.6. The van der Waals surface area contributed by atoms with E-state index in [0.29, 0.717) is 12.4 Å². The van der Waals surface area contributed by atoms with E-state index in [1.165, 1.54) is 6.33 Å². The number of nitrogen functional groups attached to an aromatic ring is 1. The molecule has 0 spiro atoms. The van der Waals surface area contributed by atoms with E-state index in [9.17, 15) is 4.79 Å². The third kappa shape index (κ3) is 2.75. The van der Waals surface area contributed by atoms with Crippen molar-refractivity contribution in [2.24, 2.45) is 0 Å². The van der Waals surface area contributed by atoms with Gasteiger partial charge in [0.05, 0.1) is 19.1 Å². The molecule has 0 unspecified atom stereocenters. The Bertz CT molecular complexity index is 573. The lowest BCUT2D eigenvalue weighted by Crippen LogP contribution is -2.10. The minimum Gasteiger partial charge on any atom is -0.461 e. The van der Waals surface area contributed by atoms with Crippen LogP contribution in [0.3, 0.4) is 0 Å². The van der Waals surface area contributed by atoms with Gasteiger partial charge in [-0.2, -0.15) is 0 Å². The van der Waals surface area contributed by atoms with Crippen LogP contribution in [0.5, 0.6) is 0 Å². The van der Waals surface area contributed by atoms with Gasteiger partial charge in [-0.25, -0.2) is 14.8 Å². The minimum atomic E-state index is -0.527. The molecule has 0 atom stereocenters. The summed E-state index contributed by atoms with van der Waals surface area (Å²) in [6.07, 6.45) is 3.92. The van der Waals surface area contributed by atoms with Gasteiger partial charge < -0.3 is 19.5 Å². The predicted molar refractivity (Wildman–Crippen MR) is 67.6 cm³/mol. The third-order valence-corrected chi connectivity index (χ3v) is 2.60. The highest BCUT2D eigenvalue weighted by atomic mass is 16.5. The summed E-state index contributed by atoms with van der Waals surface area (Å²) < 4.78 is 11.9. The Hall–Kier alpha value is -2.31. The number of esters is 1. The average Bonchev–Trinajstić information content (AvgIpc) is 2.98. The number of imidazole rings is 1. The molecule has 0 saturated heterocycles. The summed E-state index contributed by atoms with van der Waals surface area (Å²) in [4.78, 5) is 19.6. The number of ether oxygens (including phenoxy) is 1. The van der Waals surface area contributed by atoms with Crippen molar-refractivity contribution in [1.29, 1.82) is 0 Å². The van der Waals surface area contributed by atoms with Gasteiger partial charge in [0.1, 0.15) is 18.1 Å². The summed E-state index contributed by atoms with van der Waals surface area (Å²) in [5, 5.41) is 0. The predicted octanol–water partition coefficient (Wildman–Crippen LogP) is 1.24. The number of nitrogens with two attached hydrogens (primary N) is 1. The summed E-state index contributed by atoms with van der Waals surface area (Å²) in [5.41, 5.74) is 5.97. The Morgan fingerprint density at radius 1 is 1.47 bits per heavy atom. The molecule has 2 rings (SSSR count). The molecule has 2 aromatic rings. The first-order chi connectivity index (χ1) is 9.15. The topological polar surface area (TPSA) is 96.2 Å². The zero-order chi connectivity index (χ0) is 13.8. The molecule has 0 amide bonds. The van der Waals surface area contributed by atoms with Crippen molar-refractivity contribution < 1.29 is 13.9 Å². The Morgan fingerprint density at radius 3 is 2.89 bits per heavy atom. The number of rotatable bonds is 5. The molecular formula is C12H16N4O3. The summed E-state index contributed by atoms with van der Waals surface area (Å²) in [5.74, 6) is 1.05. The Morgan fingerprint density at radius 2 is 2.26 bits per heavy atom. The van der Waals surface area contributed by atoms with Crippen molar-refractivity contribution in [3.05, 3.63) is 29.9 Å². The number of carbonyl (C=O) groups excluding carboxylic acids is 1. The molecule has 0 radical (unpaired) electrons. The highest BCUT2D eigenvalue weighted by molar-refractivity contribution is 5.92. The fraction of sp³-hybridized carbons (Fsp3) is 0.417. The van der Waals surface area contributed by atoms with E-state index in [1.54, 1.807) is 17.7 Å². The van der Waals surface area contributed by atoms with Crippen molar-refractivity contribution in [3.8, 4) is 0 Å². The molecule has 102 valence electrons. The highest BCUT2D eigenvalue weighted by Crippen LogP contribution is 2.14. The zero-order valence-corrected chi connectivity index (χ0v) is 10.9.